The molecule has 0 unspecified atom stereocenters. The highest BCUT2D eigenvalue weighted by Gasteiger charge is 2.15. The first-order chi connectivity index (χ1) is 41.0. The van der Waals surface area contributed by atoms with Crippen LogP contribution in [0.25, 0.3) is 11.3 Å². The summed E-state index contributed by atoms with van der Waals surface area (Å²) in [5.41, 5.74) is 8.79. The summed E-state index contributed by atoms with van der Waals surface area (Å²) in [4.78, 5) is 0. The van der Waals surface area contributed by atoms with Gasteiger partial charge in [0.25, 0.3) is 0 Å². The quantitative estimate of drug-likeness (QED) is 0.0418. The maximum atomic E-state index is 6.69. The Morgan fingerprint density at radius 3 is 0.774 bits per heavy atom. The number of hydrogen-bond acceptors (Lipinski definition) is 16. The minimum Gasteiger partial charge on any atom is -0.497 e. The van der Waals surface area contributed by atoms with Crippen LogP contribution in [0.1, 0.15) is 51.4 Å². The van der Waals surface area contributed by atoms with Gasteiger partial charge in [0.15, 0.2) is 0 Å². The zero-order valence-corrected chi connectivity index (χ0v) is 48.7. The third kappa shape index (κ3) is 16.4. The van der Waals surface area contributed by atoms with Crippen LogP contribution in [0.15, 0.2) is 158 Å². The van der Waals surface area contributed by atoms with Gasteiger partial charge < -0.3 is 66.3 Å². The van der Waals surface area contributed by atoms with Crippen molar-refractivity contribution >= 4 is 0 Å². The summed E-state index contributed by atoms with van der Waals surface area (Å²) in [6.07, 6.45) is 2.88. The van der Waals surface area contributed by atoms with E-state index in [0.29, 0.717) is 87.0 Å². The van der Waals surface area contributed by atoms with Crippen LogP contribution >= 0.6 is 0 Å². The summed E-state index contributed by atoms with van der Waals surface area (Å²) < 4.78 is 85.2. The zero-order chi connectivity index (χ0) is 58.8. The summed E-state index contributed by atoms with van der Waals surface area (Å²) in [5, 5.41) is 9.05. The van der Waals surface area contributed by atoms with Crippen molar-refractivity contribution in [3.8, 4) is 91.8 Å². The van der Waals surface area contributed by atoms with E-state index in [1.54, 1.807) is 61.6 Å². The second-order valence-electron chi connectivity index (χ2n) is 19.4. The first-order valence-electron chi connectivity index (χ1n) is 27.1. The van der Waals surface area contributed by atoms with Crippen LogP contribution in [0, 0.1) is 0 Å². The van der Waals surface area contributed by atoms with Crippen LogP contribution in [0.2, 0.25) is 0 Å². The number of nitrogens with zero attached hydrogens (tertiary/aromatic N) is 3. The number of rotatable bonds is 30. The molecule has 9 rings (SSSR count). The van der Waals surface area contributed by atoms with Crippen LogP contribution in [0.3, 0.4) is 0 Å². The van der Waals surface area contributed by atoms with Crippen molar-refractivity contribution in [2.24, 2.45) is 0 Å². The number of benzene rings is 8. The number of aromatic nitrogens is 3. The Hall–Kier alpha value is -9.90. The monoisotopic (exact) mass is 1140 g/mol. The molecule has 0 spiro atoms. The third-order valence-corrected chi connectivity index (χ3v) is 13.4. The lowest BCUT2D eigenvalue weighted by molar-refractivity contribution is 0.275. The molecule has 0 aliphatic rings. The Morgan fingerprint density at radius 1 is 0.286 bits per heavy atom. The van der Waals surface area contributed by atoms with E-state index in [-0.39, 0.29) is 39.6 Å². The average Bonchev–Trinajstić information content (AvgIpc) is 4.12. The fourth-order valence-electron chi connectivity index (χ4n) is 9.05. The van der Waals surface area contributed by atoms with Gasteiger partial charge in [-0.05, 0) is 136 Å². The van der Waals surface area contributed by atoms with Gasteiger partial charge in [-0.1, -0.05) is 36.4 Å². The highest BCUT2D eigenvalue weighted by molar-refractivity contribution is 5.58. The molecule has 0 aliphatic heterocycles. The molecule has 9 aromatic rings. The topological polar surface area (TPSA) is 160 Å². The summed E-state index contributed by atoms with van der Waals surface area (Å²) in [6.45, 7) is 3.65. The second-order valence-corrected chi connectivity index (χ2v) is 19.4. The van der Waals surface area contributed by atoms with Crippen LogP contribution in [-0.4, -0.2) is 71.9 Å². The maximum Gasteiger partial charge on any atom is 0.123 e. The highest BCUT2D eigenvalue weighted by atomic mass is 16.5. The smallest absolute Gasteiger partial charge is 0.123 e. The molecular weight excluding hydrogens is 1070 g/mol. The molecule has 84 heavy (non-hydrogen) atoms. The van der Waals surface area contributed by atoms with Crippen molar-refractivity contribution in [1.82, 2.24) is 15.0 Å². The molecule has 0 N–H and O–H groups in total. The van der Waals surface area contributed by atoms with Gasteiger partial charge in [0.1, 0.15) is 126 Å². The van der Waals surface area contributed by atoms with Gasteiger partial charge in [-0.2, -0.15) is 0 Å². The Kier molecular flexibility index (Phi) is 20.1. The first-order valence-corrected chi connectivity index (χ1v) is 27.1. The predicted molar refractivity (Wildman–Crippen MR) is 317 cm³/mol. The Bertz CT molecular complexity index is 3190. The number of aryl methyl sites for hydroxylation is 1. The molecule has 0 amide bonds. The van der Waals surface area contributed by atoms with E-state index in [2.05, 4.69) is 41.5 Å². The van der Waals surface area contributed by atoms with E-state index in [9.17, 15) is 0 Å². The molecule has 0 radical (unpaired) electrons. The Labute approximate surface area is 489 Å². The third-order valence-electron chi connectivity index (χ3n) is 13.4. The van der Waals surface area contributed by atoms with Gasteiger partial charge in [0.2, 0.25) is 0 Å². The van der Waals surface area contributed by atoms with Crippen LogP contribution in [0.5, 0.6) is 80.5 Å². The lowest BCUT2D eigenvalue weighted by Gasteiger charge is -2.16. The Morgan fingerprint density at radius 2 is 0.524 bits per heavy atom. The molecule has 0 aliphatic carbocycles. The SMILES string of the molecule is CCc1ccc(-c2cn(Cc3cc(OCc4cc(OCc5cc(OC)cc(OC)c5)cc(OCc5cc(OC)cc(OC)c5)c4)cc(OCc4cc(OCc5cc(OC)cc(OC)c5)cc(OCc5cc(OC)cc(OC)c5)c4)c3)nn2)cc1. The Balaban J connectivity index is 1.01. The van der Waals surface area contributed by atoms with E-state index < -0.39 is 0 Å². The molecule has 17 heteroatoms. The second kappa shape index (κ2) is 28.7. The predicted octanol–water partition coefficient (Wildman–Crippen LogP) is 13.1. The van der Waals surface area contributed by atoms with Crippen molar-refractivity contribution in [2.45, 2.75) is 59.5 Å². The van der Waals surface area contributed by atoms with E-state index in [1.165, 1.54) is 5.56 Å². The van der Waals surface area contributed by atoms with Gasteiger partial charge in [-0.25, -0.2) is 4.68 Å². The van der Waals surface area contributed by atoms with Gasteiger partial charge in [-0.15, -0.1) is 5.10 Å². The molecule has 436 valence electrons. The van der Waals surface area contributed by atoms with Crippen molar-refractivity contribution in [3.63, 3.8) is 0 Å². The fourth-order valence-corrected chi connectivity index (χ4v) is 9.05. The highest BCUT2D eigenvalue weighted by Crippen LogP contribution is 2.34. The van der Waals surface area contributed by atoms with Crippen molar-refractivity contribution in [2.75, 3.05) is 56.9 Å². The van der Waals surface area contributed by atoms with E-state index in [0.717, 1.165) is 56.6 Å². The molecule has 1 aromatic heterocycles. The fraction of sp³-hybridized carbons (Fsp3) is 0.254. The van der Waals surface area contributed by atoms with Crippen molar-refractivity contribution in [1.29, 1.82) is 0 Å². The first kappa shape index (κ1) is 58.7. The van der Waals surface area contributed by atoms with Crippen LogP contribution < -0.4 is 66.3 Å². The minimum absolute atomic E-state index is 0.135. The lowest BCUT2D eigenvalue weighted by Crippen LogP contribution is -2.05. The summed E-state index contributed by atoms with van der Waals surface area (Å²) in [7, 11) is 12.9. The van der Waals surface area contributed by atoms with Crippen LogP contribution in [0.4, 0.5) is 0 Å². The van der Waals surface area contributed by atoms with E-state index in [4.69, 9.17) is 66.3 Å². The lowest BCUT2D eigenvalue weighted by atomic mass is 10.1. The van der Waals surface area contributed by atoms with Crippen LogP contribution in [-0.2, 0) is 52.6 Å². The summed E-state index contributed by atoms with van der Waals surface area (Å²) in [5.74, 6) is 8.50. The van der Waals surface area contributed by atoms with E-state index in [1.807, 2.05) is 134 Å². The number of ether oxygens (including phenoxy) is 14. The molecule has 17 nitrogen and oxygen atoms in total. The molecular formula is C67H69N3O14. The maximum absolute atomic E-state index is 6.69. The number of hydrogen-bond donors (Lipinski definition) is 0. The van der Waals surface area contributed by atoms with Crippen molar-refractivity contribution in [3.05, 3.63) is 202 Å². The zero-order valence-electron chi connectivity index (χ0n) is 48.7. The molecule has 0 bridgehead atoms. The van der Waals surface area contributed by atoms with Crippen molar-refractivity contribution < 1.29 is 66.3 Å². The molecule has 0 fully saturated rings. The van der Waals surface area contributed by atoms with Gasteiger partial charge in [0.05, 0.1) is 69.6 Å². The summed E-state index contributed by atoms with van der Waals surface area (Å²) >= 11 is 0. The number of methoxy groups -OCH3 is 8. The van der Waals surface area contributed by atoms with Gasteiger partial charge in [-0.3, -0.25) is 0 Å². The molecule has 1 heterocycles. The minimum atomic E-state index is 0.135. The van der Waals surface area contributed by atoms with Gasteiger partial charge >= 0.3 is 0 Å². The van der Waals surface area contributed by atoms with Gasteiger partial charge in [0, 0.05) is 48.0 Å². The standard InChI is InChI=1S/C67H69N3O14/c1-10-44-11-13-52(14-12-44)67-37-70(69-68-67)36-45-15-61(79-42-50-25-63(81-38-46-17-53(71-2)29-54(18-46)72-3)34-64(26-50)82-39-47-19-55(73-4)30-56(20-47)74-5)33-62(16-45)80-43-51-27-65(83-40-48-21-57(75-6)31-58(22-48)76-7)35-66(28-51)84-41-49-23-59(77-8)32-60(24-49)78-9/h11-35,37H,10,36,38-43H2,1-9H3. The largest absolute Gasteiger partial charge is 0.497 e. The molecule has 0 saturated carbocycles. The molecule has 0 atom stereocenters. The molecule has 0 saturated heterocycles. The normalized spacial score (nSPS) is 10.8. The average molecular weight is 1140 g/mol. The molecule has 8 aromatic carbocycles. The summed E-state index contributed by atoms with van der Waals surface area (Å²) in [6, 6.07) is 48.0. The van der Waals surface area contributed by atoms with E-state index >= 15 is 0 Å².